The third-order valence-electron chi connectivity index (χ3n) is 3.57. The van der Waals surface area contributed by atoms with Gasteiger partial charge in [-0.15, -0.1) is 11.3 Å². The van der Waals surface area contributed by atoms with Gasteiger partial charge in [0.15, 0.2) is 0 Å². The molecule has 0 saturated carbocycles. The number of ether oxygens (including phenoxy) is 1. The number of amides is 1. The van der Waals surface area contributed by atoms with E-state index in [9.17, 15) is 13.2 Å². The van der Waals surface area contributed by atoms with Crippen LogP contribution in [0.2, 0.25) is 0 Å². The van der Waals surface area contributed by atoms with E-state index in [2.05, 4.69) is 10.3 Å². The van der Waals surface area contributed by atoms with E-state index in [1.165, 1.54) is 21.9 Å². The Balaban J connectivity index is 1.94. The molecule has 2 heterocycles. The van der Waals surface area contributed by atoms with Crippen molar-refractivity contribution in [3.8, 4) is 0 Å². The van der Waals surface area contributed by atoms with Crippen LogP contribution in [0.15, 0.2) is 0 Å². The summed E-state index contributed by atoms with van der Waals surface area (Å²) in [6, 6.07) is 0. The maximum atomic E-state index is 12.3. The first-order valence-electron chi connectivity index (χ1n) is 7.50. The number of hydrogen-bond donors (Lipinski definition) is 1. The Morgan fingerprint density at radius 1 is 1.52 bits per heavy atom. The summed E-state index contributed by atoms with van der Waals surface area (Å²) >= 11 is 1.40. The molecular formula is C14H23N3O4S2. The summed E-state index contributed by atoms with van der Waals surface area (Å²) in [5.41, 5.74) is 0.721. The second-order valence-electron chi connectivity index (χ2n) is 5.95. The molecule has 1 fully saturated rings. The van der Waals surface area contributed by atoms with Crippen molar-refractivity contribution >= 4 is 27.3 Å². The average molecular weight is 361 g/mol. The average Bonchev–Trinajstić information content (AvgIpc) is 2.86. The molecule has 1 aromatic heterocycles. The molecule has 1 atom stereocenters. The number of carbonyl (C=O) groups excluding carboxylic acids is 1. The van der Waals surface area contributed by atoms with Crippen molar-refractivity contribution < 1.29 is 17.9 Å². The second-order valence-corrected chi connectivity index (χ2v) is 8.96. The van der Waals surface area contributed by atoms with E-state index in [1.54, 1.807) is 0 Å². The molecule has 7 nitrogen and oxygen atoms in total. The van der Waals surface area contributed by atoms with Crippen molar-refractivity contribution in [1.29, 1.82) is 0 Å². The van der Waals surface area contributed by atoms with E-state index in [-0.39, 0.29) is 31.0 Å². The van der Waals surface area contributed by atoms with Crippen LogP contribution in [0, 0.1) is 6.92 Å². The number of nitrogens with zero attached hydrogens (tertiary/aromatic N) is 2. The van der Waals surface area contributed by atoms with Gasteiger partial charge in [0.25, 0.3) is 5.91 Å². The van der Waals surface area contributed by atoms with Crippen molar-refractivity contribution in [3.63, 3.8) is 0 Å². The lowest BCUT2D eigenvalue weighted by Gasteiger charge is -2.31. The molecule has 0 spiro atoms. The summed E-state index contributed by atoms with van der Waals surface area (Å²) in [5.74, 6) is 0.0947. The number of hydrogen-bond acceptors (Lipinski definition) is 6. The van der Waals surface area contributed by atoms with Gasteiger partial charge in [-0.05, 0) is 6.92 Å². The van der Waals surface area contributed by atoms with Gasteiger partial charge in [-0.3, -0.25) is 4.79 Å². The van der Waals surface area contributed by atoms with E-state index in [4.69, 9.17) is 4.74 Å². The van der Waals surface area contributed by atoms with Crippen LogP contribution < -0.4 is 5.32 Å². The van der Waals surface area contributed by atoms with Crippen molar-refractivity contribution in [2.24, 2.45) is 0 Å². The summed E-state index contributed by atoms with van der Waals surface area (Å²) < 4.78 is 30.1. The fourth-order valence-corrected chi connectivity index (χ4v) is 4.11. The Hall–Kier alpha value is -1.03. The summed E-state index contributed by atoms with van der Waals surface area (Å²) in [6.07, 6.45) is 0.849. The zero-order valence-corrected chi connectivity index (χ0v) is 15.5. The predicted molar refractivity (Wildman–Crippen MR) is 89.4 cm³/mol. The highest BCUT2D eigenvalue weighted by Gasteiger charge is 2.27. The van der Waals surface area contributed by atoms with Gasteiger partial charge < -0.3 is 10.1 Å². The van der Waals surface area contributed by atoms with E-state index >= 15 is 0 Å². The van der Waals surface area contributed by atoms with Crippen LogP contribution in [0.3, 0.4) is 0 Å². The highest BCUT2D eigenvalue weighted by molar-refractivity contribution is 7.88. The van der Waals surface area contributed by atoms with Crippen LogP contribution in [0.25, 0.3) is 0 Å². The van der Waals surface area contributed by atoms with Crippen LogP contribution >= 0.6 is 11.3 Å². The Morgan fingerprint density at radius 3 is 2.78 bits per heavy atom. The molecule has 1 unspecified atom stereocenters. The summed E-state index contributed by atoms with van der Waals surface area (Å²) in [7, 11) is -3.23. The number of aryl methyl sites for hydroxylation is 1. The lowest BCUT2D eigenvalue weighted by atomic mass is 10.2. The minimum absolute atomic E-state index is 0.188. The number of rotatable bonds is 5. The third-order valence-corrected chi connectivity index (χ3v) is 6.30. The molecule has 0 aliphatic carbocycles. The minimum Gasteiger partial charge on any atom is -0.374 e. The second kappa shape index (κ2) is 7.25. The predicted octanol–water partition coefficient (Wildman–Crippen LogP) is 0.965. The fourth-order valence-electron chi connectivity index (χ4n) is 2.28. The summed E-state index contributed by atoms with van der Waals surface area (Å²) in [6.45, 7) is 7.13. The van der Waals surface area contributed by atoms with Crippen LogP contribution in [0.1, 0.15) is 40.1 Å². The number of morpholine rings is 1. The molecule has 9 heteroatoms. The molecule has 1 aliphatic rings. The Kier molecular flexibility index (Phi) is 5.77. The van der Waals surface area contributed by atoms with Crippen molar-refractivity contribution in [2.45, 2.75) is 32.8 Å². The SMILES string of the molecule is Cc1nc(C(C)C)sc1C(=O)NCC1CN(S(C)(=O)=O)CCO1. The molecule has 23 heavy (non-hydrogen) atoms. The molecule has 0 aromatic carbocycles. The molecule has 0 bridgehead atoms. The lowest BCUT2D eigenvalue weighted by molar-refractivity contribution is 0.000455. The molecule has 1 saturated heterocycles. The first kappa shape index (κ1) is 18.3. The normalized spacial score (nSPS) is 20.0. The standard InChI is InChI=1S/C14H23N3O4S2/c1-9(2)14-16-10(3)12(22-14)13(18)15-7-11-8-17(5-6-21-11)23(4,19)20/h9,11H,5-8H2,1-4H3,(H,15,18). The summed E-state index contributed by atoms with van der Waals surface area (Å²) in [5, 5.41) is 3.75. The lowest BCUT2D eigenvalue weighted by Crippen LogP contribution is -2.49. The first-order chi connectivity index (χ1) is 10.7. The van der Waals surface area contributed by atoms with E-state index in [0.717, 1.165) is 10.7 Å². The van der Waals surface area contributed by atoms with Crippen LogP contribution in [-0.4, -0.2) is 62.2 Å². The summed E-state index contributed by atoms with van der Waals surface area (Å²) in [4.78, 5) is 17.3. The third kappa shape index (κ3) is 4.72. The quantitative estimate of drug-likeness (QED) is 0.844. The molecule has 0 radical (unpaired) electrons. The molecule has 2 rings (SSSR count). The Morgan fingerprint density at radius 2 is 2.22 bits per heavy atom. The first-order valence-corrected chi connectivity index (χ1v) is 10.2. The van der Waals surface area contributed by atoms with Crippen molar-refractivity contribution in [1.82, 2.24) is 14.6 Å². The number of thiazole rings is 1. The maximum absolute atomic E-state index is 12.3. The van der Waals surface area contributed by atoms with Gasteiger partial charge in [-0.1, -0.05) is 13.8 Å². The van der Waals surface area contributed by atoms with Crippen LogP contribution in [-0.2, 0) is 14.8 Å². The minimum atomic E-state index is -3.23. The maximum Gasteiger partial charge on any atom is 0.263 e. The molecule has 1 amide bonds. The van der Waals surface area contributed by atoms with Crippen LogP contribution in [0.5, 0.6) is 0 Å². The van der Waals surface area contributed by atoms with Crippen molar-refractivity contribution in [2.75, 3.05) is 32.5 Å². The zero-order chi connectivity index (χ0) is 17.2. The van der Waals surface area contributed by atoms with E-state index in [1.807, 2.05) is 20.8 Å². The van der Waals surface area contributed by atoms with Crippen molar-refractivity contribution in [3.05, 3.63) is 15.6 Å². The van der Waals surface area contributed by atoms with Gasteiger partial charge in [0.1, 0.15) is 4.88 Å². The highest BCUT2D eigenvalue weighted by Crippen LogP contribution is 2.24. The van der Waals surface area contributed by atoms with Gasteiger partial charge >= 0.3 is 0 Å². The fraction of sp³-hybridized carbons (Fsp3) is 0.714. The smallest absolute Gasteiger partial charge is 0.263 e. The largest absolute Gasteiger partial charge is 0.374 e. The number of carbonyl (C=O) groups is 1. The highest BCUT2D eigenvalue weighted by atomic mass is 32.2. The molecule has 1 aromatic rings. The Labute approximate surface area is 141 Å². The van der Waals surface area contributed by atoms with Gasteiger partial charge in [0.05, 0.1) is 29.7 Å². The number of sulfonamides is 1. The van der Waals surface area contributed by atoms with Gasteiger partial charge in [-0.2, -0.15) is 4.31 Å². The van der Waals surface area contributed by atoms with Gasteiger partial charge in [0, 0.05) is 25.6 Å². The van der Waals surface area contributed by atoms with Gasteiger partial charge in [-0.25, -0.2) is 13.4 Å². The molecule has 130 valence electrons. The molecule has 1 N–H and O–H groups in total. The number of nitrogens with one attached hydrogen (secondary N) is 1. The van der Waals surface area contributed by atoms with Crippen LogP contribution in [0.4, 0.5) is 0 Å². The topological polar surface area (TPSA) is 88.6 Å². The number of aromatic nitrogens is 1. The molecular weight excluding hydrogens is 338 g/mol. The van der Waals surface area contributed by atoms with E-state index in [0.29, 0.717) is 18.0 Å². The monoisotopic (exact) mass is 361 g/mol. The Bertz CT molecular complexity index is 670. The zero-order valence-electron chi connectivity index (χ0n) is 13.8. The van der Waals surface area contributed by atoms with E-state index < -0.39 is 10.0 Å². The van der Waals surface area contributed by atoms with Gasteiger partial charge in [0.2, 0.25) is 10.0 Å². The molecule has 1 aliphatic heterocycles.